The first-order valence-electron chi connectivity index (χ1n) is 6.23. The minimum Gasteiger partial charge on any atom is -0.292 e. The Hall–Kier alpha value is -2.82. The van der Waals surface area contributed by atoms with Crippen LogP contribution in [0.3, 0.4) is 0 Å². The minimum absolute atomic E-state index is 0.0353. The fraction of sp³-hybridized carbons (Fsp3) is 0.0667. The minimum atomic E-state index is -0.0353. The third kappa shape index (κ3) is 2.47. The molecule has 0 N–H and O–H groups in total. The first-order valence-corrected chi connectivity index (χ1v) is 6.23. The Kier molecular flexibility index (Phi) is 3.33. The zero-order chi connectivity index (χ0) is 13.8. The molecule has 0 fully saturated rings. The van der Waals surface area contributed by atoms with Crippen molar-refractivity contribution in [2.45, 2.75) is 6.42 Å². The lowest BCUT2D eigenvalue weighted by Crippen LogP contribution is -2.11. The van der Waals surface area contributed by atoms with Gasteiger partial charge in [0.05, 0.1) is 11.9 Å². The number of pyridine rings is 1. The highest BCUT2D eigenvalue weighted by Crippen LogP contribution is 2.11. The quantitative estimate of drug-likeness (QED) is 0.677. The Morgan fingerprint density at radius 3 is 2.65 bits per heavy atom. The van der Waals surface area contributed by atoms with Crippen LogP contribution < -0.4 is 0 Å². The standard InChI is InChI=1S/C15H12N4O/c20-15(9-12-5-4-8-16-10-12)14-11-17-18-19(14)13-6-2-1-3-7-13/h1-8,10-11H,9H2. The summed E-state index contributed by atoms with van der Waals surface area (Å²) in [7, 11) is 0. The average molecular weight is 264 g/mol. The van der Waals surface area contributed by atoms with E-state index in [1.54, 1.807) is 17.1 Å². The molecule has 0 bridgehead atoms. The van der Waals surface area contributed by atoms with Crippen LogP contribution in [0.25, 0.3) is 5.69 Å². The second-order valence-electron chi connectivity index (χ2n) is 4.33. The molecule has 20 heavy (non-hydrogen) atoms. The van der Waals surface area contributed by atoms with Gasteiger partial charge < -0.3 is 0 Å². The molecule has 0 aliphatic rings. The number of para-hydroxylation sites is 1. The van der Waals surface area contributed by atoms with Crippen molar-refractivity contribution in [2.75, 3.05) is 0 Å². The fourth-order valence-corrected chi connectivity index (χ4v) is 1.96. The molecular weight excluding hydrogens is 252 g/mol. The van der Waals surface area contributed by atoms with E-state index in [0.717, 1.165) is 11.3 Å². The maximum absolute atomic E-state index is 12.3. The van der Waals surface area contributed by atoms with Gasteiger partial charge in [0, 0.05) is 18.8 Å². The number of nitrogens with zero attached hydrogens (tertiary/aromatic N) is 4. The molecule has 0 saturated carbocycles. The van der Waals surface area contributed by atoms with E-state index in [4.69, 9.17) is 0 Å². The molecule has 2 aromatic heterocycles. The van der Waals surface area contributed by atoms with Gasteiger partial charge >= 0.3 is 0 Å². The highest BCUT2D eigenvalue weighted by molar-refractivity contribution is 5.96. The number of ketones is 1. The van der Waals surface area contributed by atoms with Crippen molar-refractivity contribution in [3.63, 3.8) is 0 Å². The number of aromatic nitrogens is 4. The summed E-state index contributed by atoms with van der Waals surface area (Å²) in [6.45, 7) is 0. The zero-order valence-corrected chi connectivity index (χ0v) is 10.7. The summed E-state index contributed by atoms with van der Waals surface area (Å²) in [5, 5.41) is 7.82. The summed E-state index contributed by atoms with van der Waals surface area (Å²) in [5.41, 5.74) is 2.16. The molecule has 0 saturated heterocycles. The smallest absolute Gasteiger partial charge is 0.187 e. The van der Waals surface area contributed by atoms with E-state index in [9.17, 15) is 4.79 Å². The number of carbonyl (C=O) groups is 1. The third-order valence-corrected chi connectivity index (χ3v) is 2.92. The number of carbonyl (C=O) groups excluding carboxylic acids is 1. The van der Waals surface area contributed by atoms with Gasteiger partial charge in [-0.1, -0.05) is 29.5 Å². The van der Waals surface area contributed by atoms with E-state index in [2.05, 4.69) is 15.3 Å². The van der Waals surface area contributed by atoms with Crippen molar-refractivity contribution in [3.05, 3.63) is 72.3 Å². The van der Waals surface area contributed by atoms with E-state index >= 15 is 0 Å². The zero-order valence-electron chi connectivity index (χ0n) is 10.7. The van der Waals surface area contributed by atoms with E-state index in [1.807, 2.05) is 42.5 Å². The van der Waals surface area contributed by atoms with E-state index in [1.165, 1.54) is 6.20 Å². The van der Waals surface area contributed by atoms with Gasteiger partial charge in [-0.25, -0.2) is 4.68 Å². The molecule has 0 spiro atoms. The molecule has 0 unspecified atom stereocenters. The van der Waals surface area contributed by atoms with Gasteiger partial charge in [0.2, 0.25) is 0 Å². The summed E-state index contributed by atoms with van der Waals surface area (Å²) in [6, 6.07) is 13.2. The second-order valence-corrected chi connectivity index (χ2v) is 4.33. The lowest BCUT2D eigenvalue weighted by atomic mass is 10.1. The molecule has 0 aliphatic heterocycles. The largest absolute Gasteiger partial charge is 0.292 e. The maximum atomic E-state index is 12.3. The topological polar surface area (TPSA) is 60.7 Å². The van der Waals surface area contributed by atoms with Crippen molar-refractivity contribution in [2.24, 2.45) is 0 Å². The Labute approximate surface area is 115 Å². The van der Waals surface area contributed by atoms with Crippen LogP contribution >= 0.6 is 0 Å². The molecule has 0 radical (unpaired) electrons. The van der Waals surface area contributed by atoms with Gasteiger partial charge in [-0.3, -0.25) is 9.78 Å². The second kappa shape index (κ2) is 5.44. The number of Topliss-reactive ketones (excluding diaryl/α,β-unsaturated/α-hetero) is 1. The molecule has 0 aliphatic carbocycles. The predicted octanol–water partition coefficient (Wildman–Crippen LogP) is 2.09. The van der Waals surface area contributed by atoms with Crippen LogP contribution in [0, 0.1) is 0 Å². The van der Waals surface area contributed by atoms with Crippen LogP contribution in [0.5, 0.6) is 0 Å². The number of hydrogen-bond acceptors (Lipinski definition) is 4. The Bertz CT molecular complexity index is 707. The Morgan fingerprint density at radius 2 is 1.90 bits per heavy atom. The monoisotopic (exact) mass is 264 g/mol. The van der Waals surface area contributed by atoms with Gasteiger partial charge in [0.15, 0.2) is 5.78 Å². The molecule has 5 nitrogen and oxygen atoms in total. The van der Waals surface area contributed by atoms with Gasteiger partial charge in [-0.2, -0.15) is 0 Å². The molecule has 0 amide bonds. The van der Waals surface area contributed by atoms with Crippen molar-refractivity contribution in [1.82, 2.24) is 20.0 Å². The summed E-state index contributed by atoms with van der Waals surface area (Å²) >= 11 is 0. The molecule has 3 rings (SSSR count). The SMILES string of the molecule is O=C(Cc1cccnc1)c1cnnn1-c1ccccc1. The van der Waals surface area contributed by atoms with Crippen LogP contribution in [0.4, 0.5) is 0 Å². The van der Waals surface area contributed by atoms with Gasteiger partial charge in [0.1, 0.15) is 5.69 Å². The van der Waals surface area contributed by atoms with Crippen molar-refractivity contribution >= 4 is 5.78 Å². The molecule has 5 heteroatoms. The van der Waals surface area contributed by atoms with Crippen LogP contribution in [-0.4, -0.2) is 25.8 Å². The lowest BCUT2D eigenvalue weighted by Gasteiger charge is -2.05. The molecule has 2 heterocycles. The lowest BCUT2D eigenvalue weighted by molar-refractivity contribution is 0.0985. The highest BCUT2D eigenvalue weighted by atomic mass is 16.1. The normalized spacial score (nSPS) is 10.4. The van der Waals surface area contributed by atoms with Crippen molar-refractivity contribution < 1.29 is 4.79 Å². The van der Waals surface area contributed by atoms with E-state index < -0.39 is 0 Å². The number of benzene rings is 1. The third-order valence-electron chi connectivity index (χ3n) is 2.92. The average Bonchev–Trinajstić information content (AvgIpc) is 2.99. The van der Waals surface area contributed by atoms with Crippen LogP contribution in [0.15, 0.2) is 61.1 Å². The van der Waals surface area contributed by atoms with Crippen LogP contribution in [0.2, 0.25) is 0 Å². The fourth-order valence-electron chi connectivity index (χ4n) is 1.96. The van der Waals surface area contributed by atoms with Crippen molar-refractivity contribution in [3.8, 4) is 5.69 Å². The highest BCUT2D eigenvalue weighted by Gasteiger charge is 2.14. The first-order chi connectivity index (χ1) is 9.84. The van der Waals surface area contributed by atoms with E-state index in [0.29, 0.717) is 5.69 Å². The van der Waals surface area contributed by atoms with Gasteiger partial charge in [-0.15, -0.1) is 5.10 Å². The van der Waals surface area contributed by atoms with Gasteiger partial charge in [-0.05, 0) is 23.8 Å². The predicted molar refractivity (Wildman–Crippen MR) is 73.6 cm³/mol. The summed E-state index contributed by atoms with van der Waals surface area (Å²) in [6.07, 6.45) is 5.15. The number of rotatable bonds is 4. The molecule has 0 atom stereocenters. The first kappa shape index (κ1) is 12.2. The number of hydrogen-bond donors (Lipinski definition) is 0. The molecule has 98 valence electrons. The molecular formula is C15H12N4O. The maximum Gasteiger partial charge on any atom is 0.187 e. The van der Waals surface area contributed by atoms with Crippen molar-refractivity contribution in [1.29, 1.82) is 0 Å². The van der Waals surface area contributed by atoms with Gasteiger partial charge in [0.25, 0.3) is 0 Å². The molecule has 3 aromatic rings. The summed E-state index contributed by atoms with van der Waals surface area (Å²) in [5.74, 6) is -0.0353. The summed E-state index contributed by atoms with van der Waals surface area (Å²) < 4.78 is 1.55. The molecule has 1 aromatic carbocycles. The Morgan fingerprint density at radius 1 is 1.05 bits per heavy atom. The van der Waals surface area contributed by atoms with Crippen LogP contribution in [-0.2, 0) is 6.42 Å². The van der Waals surface area contributed by atoms with E-state index in [-0.39, 0.29) is 12.2 Å². The van der Waals surface area contributed by atoms with Crippen LogP contribution in [0.1, 0.15) is 16.1 Å². The summed E-state index contributed by atoms with van der Waals surface area (Å²) in [4.78, 5) is 16.4. The Balaban J connectivity index is 1.88.